The first kappa shape index (κ1) is 15.0. The second-order valence-corrected chi connectivity index (χ2v) is 4.30. The van der Waals surface area contributed by atoms with E-state index in [1.54, 1.807) is 24.3 Å². The van der Waals surface area contributed by atoms with E-state index in [1.165, 1.54) is 13.2 Å². The van der Waals surface area contributed by atoms with E-state index in [0.29, 0.717) is 11.4 Å². The van der Waals surface area contributed by atoms with Gasteiger partial charge >= 0.3 is 7.12 Å². The van der Waals surface area contributed by atoms with E-state index in [9.17, 15) is 9.18 Å². The second-order valence-electron chi connectivity index (χ2n) is 4.30. The number of rotatable bonds is 4. The van der Waals surface area contributed by atoms with Crippen molar-refractivity contribution in [3.8, 4) is 5.75 Å². The molecule has 0 bridgehead atoms. The molecule has 21 heavy (non-hydrogen) atoms. The van der Waals surface area contributed by atoms with E-state index >= 15 is 0 Å². The summed E-state index contributed by atoms with van der Waals surface area (Å²) < 4.78 is 18.4. The van der Waals surface area contributed by atoms with Gasteiger partial charge in [-0.1, -0.05) is 6.07 Å². The Hall–Kier alpha value is -2.38. The molecule has 0 heterocycles. The van der Waals surface area contributed by atoms with Crippen molar-refractivity contribution in [2.24, 2.45) is 0 Å². The Morgan fingerprint density at radius 3 is 2.67 bits per heavy atom. The van der Waals surface area contributed by atoms with Gasteiger partial charge in [-0.05, 0) is 30.3 Å². The number of carbonyl (C=O) groups excluding carboxylic acids is 1. The van der Waals surface area contributed by atoms with Gasteiger partial charge in [0.2, 0.25) is 0 Å². The molecule has 0 aromatic heterocycles. The van der Waals surface area contributed by atoms with Crippen LogP contribution in [0.4, 0.5) is 10.1 Å². The summed E-state index contributed by atoms with van der Waals surface area (Å²) in [4.78, 5) is 12.1. The Kier molecular flexibility index (Phi) is 4.57. The van der Waals surface area contributed by atoms with Crippen LogP contribution in [0.3, 0.4) is 0 Å². The zero-order valence-corrected chi connectivity index (χ0v) is 11.2. The summed E-state index contributed by atoms with van der Waals surface area (Å²) in [7, 11) is -0.468. The van der Waals surface area contributed by atoms with Gasteiger partial charge in [0.25, 0.3) is 5.91 Å². The van der Waals surface area contributed by atoms with E-state index in [1.807, 2.05) is 0 Å². The minimum absolute atomic E-state index is 0.113. The van der Waals surface area contributed by atoms with E-state index in [4.69, 9.17) is 14.8 Å². The Morgan fingerprint density at radius 1 is 1.24 bits per heavy atom. The molecule has 7 heteroatoms. The molecule has 3 N–H and O–H groups in total. The van der Waals surface area contributed by atoms with Crippen LogP contribution in [-0.4, -0.2) is 30.2 Å². The second kappa shape index (κ2) is 6.38. The van der Waals surface area contributed by atoms with Crippen LogP contribution in [0.2, 0.25) is 0 Å². The van der Waals surface area contributed by atoms with Crippen LogP contribution in [0.15, 0.2) is 42.5 Å². The number of hydrogen-bond donors (Lipinski definition) is 3. The number of halogens is 1. The van der Waals surface area contributed by atoms with Gasteiger partial charge in [0, 0.05) is 22.8 Å². The van der Waals surface area contributed by atoms with Crippen molar-refractivity contribution in [2.75, 3.05) is 12.4 Å². The van der Waals surface area contributed by atoms with E-state index in [2.05, 4.69) is 5.32 Å². The average molecular weight is 289 g/mol. The fraction of sp³-hybridized carbons (Fsp3) is 0.0714. The van der Waals surface area contributed by atoms with E-state index < -0.39 is 18.8 Å². The van der Waals surface area contributed by atoms with Crippen LogP contribution in [0.1, 0.15) is 10.4 Å². The molecule has 2 aromatic rings. The van der Waals surface area contributed by atoms with Gasteiger partial charge in [0.05, 0.1) is 7.11 Å². The topological polar surface area (TPSA) is 78.8 Å². The third-order valence-electron chi connectivity index (χ3n) is 2.86. The summed E-state index contributed by atoms with van der Waals surface area (Å²) in [6.07, 6.45) is 0. The standard InChI is InChI=1S/C14H13BFNO4/c1-21-11-4-2-3-10(8-11)17-14(18)9-5-6-13(16)12(7-9)15(19)20/h2-8,19-20H,1H3,(H,17,18). The number of ether oxygens (including phenoxy) is 1. The van der Waals surface area contributed by atoms with Crippen LogP contribution in [0.5, 0.6) is 5.75 Å². The molecule has 0 radical (unpaired) electrons. The third kappa shape index (κ3) is 3.59. The van der Waals surface area contributed by atoms with Crippen molar-refractivity contribution >= 4 is 24.2 Å². The zero-order chi connectivity index (χ0) is 15.4. The molecule has 0 saturated carbocycles. The molecule has 5 nitrogen and oxygen atoms in total. The molecule has 0 unspecified atom stereocenters. The molecule has 0 aliphatic carbocycles. The van der Waals surface area contributed by atoms with Gasteiger partial charge in [-0.2, -0.15) is 0 Å². The van der Waals surface area contributed by atoms with Crippen LogP contribution in [0.25, 0.3) is 0 Å². The first-order chi connectivity index (χ1) is 10.0. The van der Waals surface area contributed by atoms with Crippen molar-refractivity contribution in [3.05, 3.63) is 53.8 Å². The molecular weight excluding hydrogens is 276 g/mol. The number of hydrogen-bond acceptors (Lipinski definition) is 4. The van der Waals surface area contributed by atoms with Crippen LogP contribution in [-0.2, 0) is 0 Å². The quantitative estimate of drug-likeness (QED) is 0.726. The predicted molar refractivity (Wildman–Crippen MR) is 77.2 cm³/mol. The first-order valence-corrected chi connectivity index (χ1v) is 6.12. The Bertz CT molecular complexity index is 663. The summed E-state index contributed by atoms with van der Waals surface area (Å²) >= 11 is 0. The fourth-order valence-electron chi connectivity index (χ4n) is 1.79. The van der Waals surface area contributed by atoms with Crippen LogP contribution >= 0.6 is 0 Å². The van der Waals surface area contributed by atoms with Gasteiger partial charge in [0.1, 0.15) is 11.6 Å². The smallest absolute Gasteiger partial charge is 0.491 e. The summed E-state index contributed by atoms with van der Waals surface area (Å²) in [6.45, 7) is 0. The summed E-state index contributed by atoms with van der Waals surface area (Å²) in [6, 6.07) is 10.1. The van der Waals surface area contributed by atoms with E-state index in [0.717, 1.165) is 12.1 Å². The van der Waals surface area contributed by atoms with Gasteiger partial charge in [-0.3, -0.25) is 4.79 Å². The number of nitrogens with one attached hydrogen (secondary N) is 1. The van der Waals surface area contributed by atoms with Gasteiger partial charge in [-0.15, -0.1) is 0 Å². The molecule has 2 aromatic carbocycles. The fourth-order valence-corrected chi connectivity index (χ4v) is 1.79. The highest BCUT2D eigenvalue weighted by atomic mass is 19.1. The highest BCUT2D eigenvalue weighted by molar-refractivity contribution is 6.58. The Morgan fingerprint density at radius 2 is 2.00 bits per heavy atom. The zero-order valence-electron chi connectivity index (χ0n) is 11.2. The van der Waals surface area contributed by atoms with Crippen molar-refractivity contribution in [3.63, 3.8) is 0 Å². The molecule has 2 rings (SSSR count). The van der Waals surface area contributed by atoms with E-state index in [-0.39, 0.29) is 11.0 Å². The van der Waals surface area contributed by atoms with Crippen molar-refractivity contribution in [1.29, 1.82) is 0 Å². The summed E-state index contributed by atoms with van der Waals surface area (Å²) in [5.74, 6) is -0.702. The minimum Gasteiger partial charge on any atom is -0.497 e. The lowest BCUT2D eigenvalue weighted by atomic mass is 9.79. The molecule has 0 aliphatic heterocycles. The lowest BCUT2D eigenvalue weighted by molar-refractivity contribution is 0.102. The van der Waals surface area contributed by atoms with Crippen molar-refractivity contribution in [1.82, 2.24) is 0 Å². The molecule has 0 fully saturated rings. The van der Waals surface area contributed by atoms with Gasteiger partial charge in [0.15, 0.2) is 0 Å². The van der Waals surface area contributed by atoms with Crippen molar-refractivity contribution in [2.45, 2.75) is 0 Å². The van der Waals surface area contributed by atoms with Crippen molar-refractivity contribution < 1.29 is 24.0 Å². The molecule has 0 saturated heterocycles. The third-order valence-corrected chi connectivity index (χ3v) is 2.86. The van der Waals surface area contributed by atoms with Gasteiger partial charge < -0.3 is 20.1 Å². The molecule has 1 amide bonds. The molecule has 0 atom stereocenters. The Balaban J connectivity index is 2.22. The largest absolute Gasteiger partial charge is 0.497 e. The SMILES string of the molecule is COc1cccc(NC(=O)c2ccc(F)c(B(O)O)c2)c1. The van der Waals surface area contributed by atoms with Crippen LogP contribution in [0, 0.1) is 5.82 Å². The monoisotopic (exact) mass is 289 g/mol. The maximum Gasteiger partial charge on any atom is 0.491 e. The average Bonchev–Trinajstić information content (AvgIpc) is 2.47. The maximum atomic E-state index is 13.3. The molecule has 0 aliphatic rings. The molecule has 108 valence electrons. The van der Waals surface area contributed by atoms with Gasteiger partial charge in [-0.25, -0.2) is 4.39 Å². The minimum atomic E-state index is -1.98. The number of anilines is 1. The summed E-state index contributed by atoms with van der Waals surface area (Å²) in [5, 5.41) is 20.7. The first-order valence-electron chi connectivity index (χ1n) is 6.12. The maximum absolute atomic E-state index is 13.3. The Labute approximate surface area is 121 Å². The predicted octanol–water partition coefficient (Wildman–Crippen LogP) is 0.766. The normalized spacial score (nSPS) is 10.1. The number of methoxy groups -OCH3 is 1. The molecule has 0 spiro atoms. The highest BCUT2D eigenvalue weighted by Gasteiger charge is 2.18. The highest BCUT2D eigenvalue weighted by Crippen LogP contribution is 2.17. The number of carbonyl (C=O) groups is 1. The van der Waals surface area contributed by atoms with Crippen LogP contribution < -0.4 is 15.5 Å². The lowest BCUT2D eigenvalue weighted by Crippen LogP contribution is -2.33. The number of benzene rings is 2. The molecular formula is C14H13BFNO4. The lowest BCUT2D eigenvalue weighted by Gasteiger charge is -2.08. The number of amides is 1. The summed E-state index contributed by atoms with van der Waals surface area (Å²) in [5.41, 5.74) is 0.269.